The first-order valence-corrected chi connectivity index (χ1v) is 8.75. The molecule has 3 aromatic rings. The van der Waals surface area contributed by atoms with Crippen molar-refractivity contribution >= 4 is 17.5 Å². The Morgan fingerprint density at radius 1 is 1.00 bits per heavy atom. The minimum atomic E-state index is 0.587. The second-order valence-electron chi connectivity index (χ2n) is 6.06. The van der Waals surface area contributed by atoms with Crippen LogP contribution in [0.2, 0.25) is 0 Å². The quantitative estimate of drug-likeness (QED) is 0.647. The third kappa shape index (κ3) is 4.51. The molecule has 3 rings (SSSR count). The summed E-state index contributed by atoms with van der Waals surface area (Å²) in [6, 6.07) is 18.2. The maximum atomic E-state index is 5.39. The van der Waals surface area contributed by atoms with Gasteiger partial charge in [-0.1, -0.05) is 37.3 Å². The zero-order valence-electron chi connectivity index (χ0n) is 15.4. The van der Waals surface area contributed by atoms with Crippen LogP contribution in [0.25, 0.3) is 0 Å². The Bertz CT molecular complexity index is 862. The second kappa shape index (κ2) is 8.34. The fraction of sp³-hybridized carbons (Fsp3) is 0.238. The molecule has 0 unspecified atom stereocenters. The summed E-state index contributed by atoms with van der Waals surface area (Å²) in [5.74, 6) is 2.20. The van der Waals surface area contributed by atoms with Crippen LogP contribution in [0.5, 0.6) is 5.75 Å². The fourth-order valence-electron chi connectivity index (χ4n) is 2.71. The molecular weight excluding hydrogens is 324 g/mol. The number of methoxy groups -OCH3 is 1. The highest BCUT2D eigenvalue weighted by Crippen LogP contribution is 2.20. The molecule has 134 valence electrons. The van der Waals surface area contributed by atoms with Crippen LogP contribution >= 0.6 is 0 Å². The molecule has 0 aliphatic heterocycles. The zero-order valence-corrected chi connectivity index (χ0v) is 15.4. The van der Waals surface area contributed by atoms with E-state index >= 15 is 0 Å². The number of nitrogens with zero attached hydrogens (tertiary/aromatic N) is 2. The van der Waals surface area contributed by atoms with Gasteiger partial charge in [0.15, 0.2) is 0 Å². The van der Waals surface area contributed by atoms with Crippen molar-refractivity contribution in [3.63, 3.8) is 0 Å². The summed E-state index contributed by atoms with van der Waals surface area (Å²) in [7, 11) is 1.67. The molecule has 0 amide bonds. The van der Waals surface area contributed by atoms with E-state index in [2.05, 4.69) is 51.8 Å². The summed E-state index contributed by atoms with van der Waals surface area (Å²) < 4.78 is 5.39. The highest BCUT2D eigenvalue weighted by molar-refractivity contribution is 5.58. The number of aryl methyl sites for hydroxylation is 2. The number of aromatic nitrogens is 2. The molecule has 0 saturated carbocycles. The molecule has 5 nitrogen and oxygen atoms in total. The van der Waals surface area contributed by atoms with E-state index in [1.807, 2.05) is 37.3 Å². The molecule has 0 aliphatic carbocycles. The highest BCUT2D eigenvalue weighted by Gasteiger charge is 2.05. The summed E-state index contributed by atoms with van der Waals surface area (Å²) in [5, 5.41) is 6.62. The number of nitrogens with one attached hydrogen (secondary N) is 2. The Morgan fingerprint density at radius 2 is 1.77 bits per heavy atom. The van der Waals surface area contributed by atoms with Crippen LogP contribution in [0, 0.1) is 6.92 Å². The molecule has 0 radical (unpaired) electrons. The predicted octanol–water partition coefficient (Wildman–Crippen LogP) is 4.71. The minimum Gasteiger partial charge on any atom is -0.496 e. The van der Waals surface area contributed by atoms with Gasteiger partial charge in [-0.05, 0) is 37.1 Å². The van der Waals surface area contributed by atoms with E-state index in [9.17, 15) is 0 Å². The Balaban J connectivity index is 1.72. The lowest BCUT2D eigenvalue weighted by molar-refractivity contribution is 0.410. The predicted molar refractivity (Wildman–Crippen MR) is 106 cm³/mol. The molecule has 0 atom stereocenters. The van der Waals surface area contributed by atoms with Gasteiger partial charge >= 0.3 is 0 Å². The number of para-hydroxylation sites is 1. The third-order valence-corrected chi connectivity index (χ3v) is 4.12. The van der Waals surface area contributed by atoms with Crippen molar-refractivity contribution in [3.8, 4) is 5.75 Å². The maximum Gasteiger partial charge on any atom is 0.225 e. The fourth-order valence-corrected chi connectivity index (χ4v) is 2.71. The Morgan fingerprint density at radius 3 is 2.50 bits per heavy atom. The summed E-state index contributed by atoms with van der Waals surface area (Å²) in [5.41, 5.74) is 4.28. The highest BCUT2D eigenvalue weighted by atomic mass is 16.5. The first kappa shape index (κ1) is 17.7. The summed E-state index contributed by atoms with van der Waals surface area (Å²) in [6.07, 6.45) is 1.03. The van der Waals surface area contributed by atoms with Crippen molar-refractivity contribution in [1.82, 2.24) is 9.97 Å². The second-order valence-corrected chi connectivity index (χ2v) is 6.06. The van der Waals surface area contributed by atoms with Gasteiger partial charge in [0.25, 0.3) is 0 Å². The lowest BCUT2D eigenvalue weighted by Crippen LogP contribution is -2.07. The molecule has 0 fully saturated rings. The van der Waals surface area contributed by atoms with E-state index in [4.69, 9.17) is 4.74 Å². The average Bonchev–Trinajstić information content (AvgIpc) is 2.67. The number of hydrogen-bond acceptors (Lipinski definition) is 5. The van der Waals surface area contributed by atoms with E-state index in [1.165, 1.54) is 5.56 Å². The summed E-state index contributed by atoms with van der Waals surface area (Å²) in [6.45, 7) is 4.70. The molecule has 0 bridgehead atoms. The molecule has 1 aromatic heterocycles. The number of benzene rings is 2. The molecule has 1 heterocycles. The minimum absolute atomic E-state index is 0.587. The molecular formula is C21H24N4O. The van der Waals surface area contributed by atoms with Gasteiger partial charge in [0.05, 0.1) is 7.11 Å². The normalized spacial score (nSPS) is 10.4. The molecule has 0 saturated heterocycles. The van der Waals surface area contributed by atoms with Crippen molar-refractivity contribution in [2.75, 3.05) is 17.7 Å². The van der Waals surface area contributed by atoms with Gasteiger partial charge in [-0.15, -0.1) is 0 Å². The lowest BCUT2D eigenvalue weighted by atomic mass is 10.1. The van der Waals surface area contributed by atoms with Crippen LogP contribution in [0.4, 0.5) is 17.5 Å². The molecule has 2 aromatic carbocycles. The number of hydrogen-bond donors (Lipinski definition) is 2. The number of ether oxygens (including phenoxy) is 1. The molecule has 5 heteroatoms. The van der Waals surface area contributed by atoms with E-state index in [1.54, 1.807) is 7.11 Å². The van der Waals surface area contributed by atoms with Gasteiger partial charge < -0.3 is 15.4 Å². The van der Waals surface area contributed by atoms with Crippen LogP contribution in [0.3, 0.4) is 0 Å². The lowest BCUT2D eigenvalue weighted by Gasteiger charge is -2.12. The largest absolute Gasteiger partial charge is 0.496 e. The summed E-state index contributed by atoms with van der Waals surface area (Å²) >= 11 is 0. The number of rotatable bonds is 7. The zero-order chi connectivity index (χ0) is 18.4. The monoisotopic (exact) mass is 348 g/mol. The first-order chi connectivity index (χ1) is 12.7. The van der Waals surface area contributed by atoms with Crippen LogP contribution in [0.1, 0.15) is 23.7 Å². The van der Waals surface area contributed by atoms with Gasteiger partial charge in [0.2, 0.25) is 5.95 Å². The molecule has 26 heavy (non-hydrogen) atoms. The van der Waals surface area contributed by atoms with Gasteiger partial charge in [0.1, 0.15) is 11.6 Å². The van der Waals surface area contributed by atoms with Gasteiger partial charge in [-0.3, -0.25) is 0 Å². The maximum absolute atomic E-state index is 5.39. The van der Waals surface area contributed by atoms with Crippen LogP contribution in [-0.2, 0) is 13.0 Å². The average molecular weight is 348 g/mol. The van der Waals surface area contributed by atoms with Gasteiger partial charge in [-0.25, -0.2) is 4.98 Å². The molecule has 0 spiro atoms. The Kier molecular flexibility index (Phi) is 5.69. The smallest absolute Gasteiger partial charge is 0.225 e. The van der Waals surface area contributed by atoms with Crippen molar-refractivity contribution in [1.29, 1.82) is 0 Å². The first-order valence-electron chi connectivity index (χ1n) is 8.75. The van der Waals surface area contributed by atoms with E-state index in [0.29, 0.717) is 12.5 Å². The van der Waals surface area contributed by atoms with E-state index in [0.717, 1.165) is 34.9 Å². The van der Waals surface area contributed by atoms with Crippen molar-refractivity contribution in [2.45, 2.75) is 26.8 Å². The van der Waals surface area contributed by atoms with E-state index in [-0.39, 0.29) is 0 Å². The van der Waals surface area contributed by atoms with E-state index < -0.39 is 0 Å². The standard InChI is InChI=1S/C21H24N4O/c1-4-16-9-11-18(12-10-16)24-20-13-15(2)23-21(25-20)22-14-17-7-5-6-8-19(17)26-3/h5-13H,4,14H2,1-3H3,(H2,22,23,24,25). The number of anilines is 3. The Hall–Kier alpha value is -3.08. The molecule has 2 N–H and O–H groups in total. The van der Waals surface area contributed by atoms with Crippen LogP contribution in [0.15, 0.2) is 54.6 Å². The van der Waals surface area contributed by atoms with Crippen LogP contribution in [-0.4, -0.2) is 17.1 Å². The molecule has 0 aliphatic rings. The van der Waals surface area contributed by atoms with Crippen molar-refractivity contribution in [3.05, 3.63) is 71.4 Å². The van der Waals surface area contributed by atoms with Crippen molar-refractivity contribution < 1.29 is 4.74 Å². The third-order valence-electron chi connectivity index (χ3n) is 4.12. The van der Waals surface area contributed by atoms with Crippen LogP contribution < -0.4 is 15.4 Å². The topological polar surface area (TPSA) is 59.1 Å². The van der Waals surface area contributed by atoms with Crippen molar-refractivity contribution in [2.24, 2.45) is 0 Å². The van der Waals surface area contributed by atoms with Gasteiger partial charge in [0, 0.05) is 29.6 Å². The Labute approximate surface area is 154 Å². The SMILES string of the molecule is CCc1ccc(Nc2cc(C)nc(NCc3ccccc3OC)n2)cc1. The van der Waals surface area contributed by atoms with Gasteiger partial charge in [-0.2, -0.15) is 4.98 Å². The summed E-state index contributed by atoms with van der Waals surface area (Å²) in [4.78, 5) is 9.04.